The third kappa shape index (κ3) is 3.33. The summed E-state index contributed by atoms with van der Waals surface area (Å²) in [6, 6.07) is 20.4. The lowest BCUT2D eigenvalue weighted by atomic mass is 9.90. The molecule has 1 amide bonds. The van der Waals surface area contributed by atoms with Crippen LogP contribution in [0.5, 0.6) is 0 Å². The second kappa shape index (κ2) is 6.48. The number of carbonyl (C=O) groups excluding carboxylic acids is 1. The van der Waals surface area contributed by atoms with E-state index in [1.807, 2.05) is 74.3 Å². The number of nitrogens with zero attached hydrogens (tertiary/aromatic N) is 1. The molecule has 0 radical (unpaired) electrons. The van der Waals surface area contributed by atoms with Crippen molar-refractivity contribution in [3.63, 3.8) is 0 Å². The van der Waals surface area contributed by atoms with Crippen LogP contribution in [0.2, 0.25) is 0 Å². The van der Waals surface area contributed by atoms with Crippen LogP contribution in [0.25, 0.3) is 5.57 Å². The zero-order valence-electron chi connectivity index (χ0n) is 14.4. The molecule has 2 aromatic rings. The molecule has 0 saturated carbocycles. The Balaban J connectivity index is 2.03. The van der Waals surface area contributed by atoms with Gasteiger partial charge in [-0.3, -0.25) is 4.79 Å². The van der Waals surface area contributed by atoms with Crippen molar-refractivity contribution < 1.29 is 4.79 Å². The van der Waals surface area contributed by atoms with E-state index in [1.165, 1.54) is 0 Å². The Morgan fingerprint density at radius 2 is 1.50 bits per heavy atom. The summed E-state index contributed by atoms with van der Waals surface area (Å²) in [6.07, 6.45) is 6.13. The molecular weight excluding hydrogens is 294 g/mol. The standard InChI is InChI=1S/C22H23NO/c1-22(2,3)21(24)23-15-14-19(17-10-6-4-7-11-17)16-20(23)18-12-8-5-9-13-18/h4-16,20H,1-3H3. The third-order valence-corrected chi connectivity index (χ3v) is 4.18. The molecule has 0 bridgehead atoms. The van der Waals surface area contributed by atoms with Gasteiger partial charge in [0.2, 0.25) is 5.91 Å². The highest BCUT2D eigenvalue weighted by molar-refractivity contribution is 5.86. The Morgan fingerprint density at radius 3 is 2.08 bits per heavy atom. The predicted molar refractivity (Wildman–Crippen MR) is 99.0 cm³/mol. The van der Waals surface area contributed by atoms with Gasteiger partial charge in [0.1, 0.15) is 0 Å². The molecule has 122 valence electrons. The Kier molecular flexibility index (Phi) is 4.39. The molecule has 1 aliphatic rings. The van der Waals surface area contributed by atoms with E-state index in [0.717, 1.165) is 16.7 Å². The van der Waals surface area contributed by atoms with Crippen LogP contribution < -0.4 is 0 Å². The number of allylic oxidation sites excluding steroid dienone is 2. The summed E-state index contributed by atoms with van der Waals surface area (Å²) in [5.74, 6) is 0.121. The summed E-state index contributed by atoms with van der Waals surface area (Å²) in [7, 11) is 0. The molecular formula is C22H23NO. The average molecular weight is 317 g/mol. The summed E-state index contributed by atoms with van der Waals surface area (Å²) in [6.45, 7) is 5.88. The SMILES string of the molecule is CC(C)(C)C(=O)N1C=CC(c2ccccc2)=CC1c1ccccc1. The fourth-order valence-electron chi connectivity index (χ4n) is 2.87. The van der Waals surface area contributed by atoms with E-state index in [9.17, 15) is 4.79 Å². The molecule has 0 N–H and O–H groups in total. The Morgan fingerprint density at radius 1 is 0.917 bits per heavy atom. The van der Waals surface area contributed by atoms with Gasteiger partial charge in [0, 0.05) is 11.6 Å². The van der Waals surface area contributed by atoms with Crippen LogP contribution in [0, 0.1) is 5.41 Å². The van der Waals surface area contributed by atoms with Gasteiger partial charge in [-0.25, -0.2) is 0 Å². The van der Waals surface area contributed by atoms with Crippen LogP contribution in [-0.2, 0) is 4.79 Å². The van der Waals surface area contributed by atoms with Crippen molar-refractivity contribution in [1.82, 2.24) is 4.90 Å². The number of amides is 1. The van der Waals surface area contributed by atoms with Crippen LogP contribution in [0.15, 0.2) is 79.0 Å². The molecule has 3 rings (SSSR count). The van der Waals surface area contributed by atoms with Crippen molar-refractivity contribution in [3.05, 3.63) is 90.1 Å². The first kappa shape index (κ1) is 16.3. The van der Waals surface area contributed by atoms with Crippen molar-refractivity contribution in [2.45, 2.75) is 26.8 Å². The predicted octanol–water partition coefficient (Wildman–Crippen LogP) is 5.21. The van der Waals surface area contributed by atoms with Gasteiger partial charge in [-0.2, -0.15) is 0 Å². The van der Waals surface area contributed by atoms with Gasteiger partial charge in [0.05, 0.1) is 6.04 Å². The van der Waals surface area contributed by atoms with E-state index in [-0.39, 0.29) is 11.9 Å². The van der Waals surface area contributed by atoms with Gasteiger partial charge in [0.25, 0.3) is 0 Å². The lowest BCUT2D eigenvalue weighted by Crippen LogP contribution is -2.38. The Bertz CT molecular complexity index is 767. The second-order valence-corrected chi connectivity index (χ2v) is 7.12. The summed E-state index contributed by atoms with van der Waals surface area (Å²) >= 11 is 0. The molecule has 2 aromatic carbocycles. The molecule has 0 fully saturated rings. The van der Waals surface area contributed by atoms with Gasteiger partial charge >= 0.3 is 0 Å². The normalized spacial score (nSPS) is 17.5. The summed E-state index contributed by atoms with van der Waals surface area (Å²) in [5, 5.41) is 0. The maximum absolute atomic E-state index is 12.9. The molecule has 1 atom stereocenters. The molecule has 2 nitrogen and oxygen atoms in total. The first-order chi connectivity index (χ1) is 11.5. The highest BCUT2D eigenvalue weighted by atomic mass is 16.2. The van der Waals surface area contributed by atoms with Crippen molar-refractivity contribution in [1.29, 1.82) is 0 Å². The third-order valence-electron chi connectivity index (χ3n) is 4.18. The smallest absolute Gasteiger partial charge is 0.232 e. The second-order valence-electron chi connectivity index (χ2n) is 7.12. The highest BCUT2D eigenvalue weighted by Crippen LogP contribution is 2.34. The van der Waals surface area contributed by atoms with Crippen molar-refractivity contribution in [2.24, 2.45) is 5.41 Å². The number of rotatable bonds is 2. The van der Waals surface area contributed by atoms with Crippen LogP contribution in [0.1, 0.15) is 37.9 Å². The minimum atomic E-state index is -0.421. The molecule has 1 unspecified atom stereocenters. The maximum atomic E-state index is 12.9. The fraction of sp³-hybridized carbons (Fsp3) is 0.227. The van der Waals surface area contributed by atoms with Gasteiger partial charge in [0.15, 0.2) is 0 Å². The van der Waals surface area contributed by atoms with Crippen LogP contribution in [0.3, 0.4) is 0 Å². The maximum Gasteiger partial charge on any atom is 0.232 e. The van der Waals surface area contributed by atoms with E-state index >= 15 is 0 Å². The van der Waals surface area contributed by atoms with Gasteiger partial charge in [-0.15, -0.1) is 0 Å². The molecule has 2 heteroatoms. The molecule has 24 heavy (non-hydrogen) atoms. The topological polar surface area (TPSA) is 20.3 Å². The monoisotopic (exact) mass is 317 g/mol. The quantitative estimate of drug-likeness (QED) is 0.744. The molecule has 1 heterocycles. The highest BCUT2D eigenvalue weighted by Gasteiger charge is 2.32. The number of hydrogen-bond donors (Lipinski definition) is 0. The molecule has 0 saturated heterocycles. The minimum absolute atomic E-state index is 0.0851. The molecule has 0 spiro atoms. The van der Waals surface area contributed by atoms with E-state index in [2.05, 4.69) is 30.3 Å². The van der Waals surface area contributed by atoms with Crippen molar-refractivity contribution in [2.75, 3.05) is 0 Å². The van der Waals surface area contributed by atoms with Gasteiger partial charge in [-0.05, 0) is 28.9 Å². The zero-order chi connectivity index (χ0) is 17.2. The lowest BCUT2D eigenvalue weighted by Gasteiger charge is -2.35. The zero-order valence-corrected chi connectivity index (χ0v) is 14.4. The molecule has 0 aromatic heterocycles. The Hall–Kier alpha value is -2.61. The van der Waals surface area contributed by atoms with E-state index in [1.54, 1.807) is 0 Å². The lowest BCUT2D eigenvalue weighted by molar-refractivity contribution is -0.138. The van der Waals surface area contributed by atoms with Gasteiger partial charge in [-0.1, -0.05) is 81.4 Å². The Labute approximate surface area is 144 Å². The molecule has 0 aliphatic carbocycles. The first-order valence-corrected chi connectivity index (χ1v) is 8.30. The minimum Gasteiger partial charge on any atom is -0.308 e. The van der Waals surface area contributed by atoms with Crippen molar-refractivity contribution >= 4 is 11.5 Å². The van der Waals surface area contributed by atoms with Crippen LogP contribution >= 0.6 is 0 Å². The summed E-state index contributed by atoms with van der Waals surface area (Å²) in [5.41, 5.74) is 3.00. The van der Waals surface area contributed by atoms with E-state index < -0.39 is 5.41 Å². The first-order valence-electron chi connectivity index (χ1n) is 8.30. The summed E-state index contributed by atoms with van der Waals surface area (Å²) in [4.78, 5) is 14.7. The summed E-state index contributed by atoms with van der Waals surface area (Å²) < 4.78 is 0. The van der Waals surface area contributed by atoms with Gasteiger partial charge < -0.3 is 4.90 Å². The number of carbonyl (C=O) groups is 1. The van der Waals surface area contributed by atoms with E-state index in [0.29, 0.717) is 0 Å². The van der Waals surface area contributed by atoms with Crippen LogP contribution in [0.4, 0.5) is 0 Å². The van der Waals surface area contributed by atoms with Crippen molar-refractivity contribution in [3.8, 4) is 0 Å². The number of hydrogen-bond acceptors (Lipinski definition) is 1. The van der Waals surface area contributed by atoms with Crippen LogP contribution in [-0.4, -0.2) is 10.8 Å². The average Bonchev–Trinajstić information content (AvgIpc) is 2.61. The van der Waals surface area contributed by atoms with E-state index in [4.69, 9.17) is 0 Å². The number of benzene rings is 2. The fourth-order valence-corrected chi connectivity index (χ4v) is 2.87. The largest absolute Gasteiger partial charge is 0.308 e. The molecule has 1 aliphatic heterocycles.